The van der Waals surface area contributed by atoms with Crippen LogP contribution in [0.4, 0.5) is 0 Å². The van der Waals surface area contributed by atoms with Gasteiger partial charge in [0.1, 0.15) is 17.3 Å². The molecule has 71 heavy (non-hydrogen) atoms. The lowest BCUT2D eigenvalue weighted by Gasteiger charge is -2.18. The minimum Gasteiger partial charge on any atom is -0.458 e. The van der Waals surface area contributed by atoms with Crippen LogP contribution in [0.15, 0.2) is 230 Å². The van der Waals surface area contributed by atoms with Gasteiger partial charge in [0.15, 0.2) is 0 Å². The van der Waals surface area contributed by atoms with Gasteiger partial charge < -0.3 is 9.30 Å². The van der Waals surface area contributed by atoms with Gasteiger partial charge in [0, 0.05) is 39.5 Å². The molecule has 13 aromatic rings. The van der Waals surface area contributed by atoms with Crippen molar-refractivity contribution in [3.63, 3.8) is 0 Å². The van der Waals surface area contributed by atoms with E-state index in [2.05, 4.69) is 121 Å². The Balaban J connectivity index is 0.964. The maximum absolute atomic E-state index is 9.08. The van der Waals surface area contributed by atoms with Crippen LogP contribution in [0.3, 0.4) is 0 Å². The van der Waals surface area contributed by atoms with Gasteiger partial charge in [-0.15, -0.1) is 0 Å². The van der Waals surface area contributed by atoms with Gasteiger partial charge in [0.2, 0.25) is 0 Å². The van der Waals surface area contributed by atoms with Crippen molar-refractivity contribution >= 4 is 54.6 Å². The summed E-state index contributed by atoms with van der Waals surface area (Å²) in [6.45, 7) is 6.69. The molecular formula is C65H49N5O. The molecule has 13 rings (SSSR count). The van der Waals surface area contributed by atoms with E-state index in [0.29, 0.717) is 28.2 Å². The molecule has 0 aliphatic rings. The normalized spacial score (nSPS) is 13.9. The summed E-state index contributed by atoms with van der Waals surface area (Å²) in [5.41, 5.74) is 8.43. The predicted molar refractivity (Wildman–Crippen MR) is 291 cm³/mol. The van der Waals surface area contributed by atoms with Crippen molar-refractivity contribution < 1.29 is 23.0 Å². The van der Waals surface area contributed by atoms with Crippen molar-refractivity contribution in [3.8, 4) is 56.6 Å². The summed E-state index contributed by atoms with van der Waals surface area (Å²) in [6, 6.07) is 48.4. The van der Waals surface area contributed by atoms with Gasteiger partial charge >= 0.3 is 0 Å². The minimum atomic E-state index is -0.569. The number of imidazole rings is 1. The molecule has 0 bridgehead atoms. The number of rotatable bonds is 9. The third-order valence-electron chi connectivity index (χ3n) is 13.0. The first-order valence-corrected chi connectivity index (χ1v) is 23.5. The maximum Gasteiger partial charge on any atom is 0.269 e. The molecule has 6 heteroatoms. The number of pyridine rings is 1. The van der Waals surface area contributed by atoms with Crippen LogP contribution in [-0.2, 0) is 6.42 Å². The van der Waals surface area contributed by atoms with Crippen LogP contribution >= 0.6 is 0 Å². The standard InChI is InChI=1S/C65H49N5O/c1-65(2,3)42-44-36-37-66-63(38-44)70-59-35-32-48(69-57-28-12-10-24-53(57)54-25-11-13-29-58(54)69)40-56(59)55-34-33-50(41-62(55)70)71-49-23-16-22-47(39-49)67-43-68(61-31-15-14-30-60(61)67)64-51(45-18-6-4-7-19-45)26-17-27-52(64)46-20-8-5-9-21-46/h4-41H,42H2,1-3H3/i4D,5D,6D,7D,8D,9D,18D,19D,20D,21D. The lowest BCUT2D eigenvalue weighted by molar-refractivity contribution is -0.571. The molecular weight excluding hydrogens is 867 g/mol. The lowest BCUT2D eigenvalue weighted by atomic mass is 9.88. The summed E-state index contributed by atoms with van der Waals surface area (Å²) in [6.07, 6.45) is 6.21. The number of ether oxygens (including phenoxy) is 1. The zero-order chi connectivity index (χ0) is 56.3. The number of nitrogens with zero attached hydrogens (tertiary/aromatic N) is 5. The number of aromatic nitrogens is 5. The number of hydrogen-bond acceptors (Lipinski definition) is 2. The van der Waals surface area contributed by atoms with Crippen LogP contribution in [0.1, 0.15) is 40.0 Å². The molecule has 6 nitrogen and oxygen atoms in total. The van der Waals surface area contributed by atoms with Gasteiger partial charge in [-0.05, 0) is 112 Å². The van der Waals surface area contributed by atoms with Gasteiger partial charge in [0.05, 0.1) is 58.2 Å². The molecule has 0 aliphatic heterocycles. The van der Waals surface area contributed by atoms with Crippen LogP contribution in [0.25, 0.3) is 99.8 Å². The second-order valence-corrected chi connectivity index (χ2v) is 18.9. The van der Waals surface area contributed by atoms with Crippen LogP contribution in [-0.4, -0.2) is 18.7 Å². The molecule has 0 radical (unpaired) electrons. The van der Waals surface area contributed by atoms with E-state index in [0.717, 1.165) is 50.8 Å². The first-order chi connectivity index (χ1) is 39.0. The van der Waals surface area contributed by atoms with E-state index in [9.17, 15) is 0 Å². The predicted octanol–water partition coefficient (Wildman–Crippen LogP) is 16.0. The largest absolute Gasteiger partial charge is 0.458 e. The Morgan fingerprint density at radius 3 is 1.85 bits per heavy atom. The van der Waals surface area contributed by atoms with Crippen molar-refractivity contribution in [3.05, 3.63) is 242 Å². The summed E-state index contributed by atoms with van der Waals surface area (Å²) in [4.78, 5) is 4.98. The van der Waals surface area contributed by atoms with E-state index in [4.69, 9.17) is 23.4 Å². The highest BCUT2D eigenvalue weighted by Crippen LogP contribution is 2.40. The highest BCUT2D eigenvalue weighted by Gasteiger charge is 2.22. The average molecular weight is 926 g/mol. The van der Waals surface area contributed by atoms with Gasteiger partial charge in [-0.1, -0.05) is 166 Å². The molecule has 0 saturated carbocycles. The molecule has 0 unspecified atom stereocenters. The summed E-state index contributed by atoms with van der Waals surface area (Å²) < 4.78 is 102. The summed E-state index contributed by atoms with van der Waals surface area (Å²) in [5.74, 6) is 1.86. The highest BCUT2D eigenvalue weighted by atomic mass is 16.5. The van der Waals surface area contributed by atoms with Crippen molar-refractivity contribution in [2.75, 3.05) is 0 Å². The van der Waals surface area contributed by atoms with Gasteiger partial charge in [-0.3, -0.25) is 13.7 Å². The van der Waals surface area contributed by atoms with Crippen LogP contribution in [0.2, 0.25) is 0 Å². The van der Waals surface area contributed by atoms with Crippen LogP contribution < -0.4 is 9.30 Å². The van der Waals surface area contributed by atoms with E-state index in [1.165, 1.54) is 16.3 Å². The first kappa shape index (κ1) is 32.7. The molecule has 0 aliphatic carbocycles. The molecule has 0 saturated heterocycles. The van der Waals surface area contributed by atoms with Crippen molar-refractivity contribution in [1.82, 2.24) is 18.7 Å². The van der Waals surface area contributed by atoms with E-state index < -0.39 is 60.4 Å². The Morgan fingerprint density at radius 1 is 0.521 bits per heavy atom. The molecule has 0 amide bonds. The second-order valence-electron chi connectivity index (χ2n) is 18.9. The summed E-state index contributed by atoms with van der Waals surface area (Å²) in [7, 11) is 0. The summed E-state index contributed by atoms with van der Waals surface area (Å²) in [5, 5.41) is 4.43. The quantitative estimate of drug-likeness (QED) is 0.107. The van der Waals surface area contributed by atoms with Crippen LogP contribution in [0.5, 0.6) is 11.5 Å². The Labute approximate surface area is 426 Å². The number of fused-ring (bicyclic) bond motifs is 7. The van der Waals surface area contributed by atoms with Crippen LogP contribution in [0, 0.1) is 11.7 Å². The van der Waals surface area contributed by atoms with E-state index in [-0.39, 0.29) is 33.4 Å². The number of para-hydroxylation sites is 5. The molecule has 0 N–H and O–H groups in total. The molecule has 9 aromatic carbocycles. The molecule has 0 fully saturated rings. The monoisotopic (exact) mass is 925 g/mol. The number of benzene rings is 9. The fraction of sp³-hybridized carbons (Fsp3) is 0.0769. The van der Waals surface area contributed by atoms with Gasteiger partial charge in [-0.2, -0.15) is 0 Å². The summed E-state index contributed by atoms with van der Waals surface area (Å²) >= 11 is 0. The Bertz CT molecular complexity index is 4580. The third kappa shape index (κ3) is 7.43. The minimum absolute atomic E-state index is 0.0485. The third-order valence-corrected chi connectivity index (χ3v) is 13.0. The van der Waals surface area contributed by atoms with Gasteiger partial charge in [-0.25, -0.2) is 4.98 Å². The van der Waals surface area contributed by atoms with Crippen molar-refractivity contribution in [2.45, 2.75) is 27.2 Å². The first-order valence-electron chi connectivity index (χ1n) is 28.5. The fourth-order valence-electron chi connectivity index (χ4n) is 10.1. The van der Waals surface area contributed by atoms with Gasteiger partial charge in [0.25, 0.3) is 6.33 Å². The molecule has 0 spiro atoms. The molecule has 4 heterocycles. The van der Waals surface area contributed by atoms with Crippen molar-refractivity contribution in [2.24, 2.45) is 5.41 Å². The van der Waals surface area contributed by atoms with E-state index in [1.54, 1.807) is 27.3 Å². The fourth-order valence-corrected chi connectivity index (χ4v) is 10.1. The zero-order valence-electron chi connectivity index (χ0n) is 49.0. The Kier molecular flexibility index (Phi) is 7.78. The highest BCUT2D eigenvalue weighted by molar-refractivity contribution is 6.12. The Morgan fingerprint density at radius 2 is 1.14 bits per heavy atom. The topological polar surface area (TPSA) is 40.8 Å². The zero-order valence-corrected chi connectivity index (χ0v) is 39.0. The van der Waals surface area contributed by atoms with E-state index >= 15 is 0 Å². The number of hydrogen-bond donors (Lipinski definition) is 0. The van der Waals surface area contributed by atoms with E-state index in [1.807, 2.05) is 66.9 Å². The Hall–Kier alpha value is -9.00. The molecule has 0 atom stereocenters. The lowest BCUT2D eigenvalue weighted by Crippen LogP contribution is -2.31. The SMILES string of the molecule is [2H]c1c([2H])c([2H])c(-c2cccc(-c3c([2H])c([2H])c([2H])c([2H])c3[2H])c2-[n+]2[c-]n(-c3cccc(Oc4ccc5c6cc(-n7c8ccccc8c8ccccc87)ccc6n(-c6cc(CC(C)(C)C)ccn6)c5c4)c3)c3ccccc32)c([2H])c1[2H]. The molecule has 4 aromatic heterocycles. The smallest absolute Gasteiger partial charge is 0.269 e. The van der Waals surface area contributed by atoms with Crippen molar-refractivity contribution in [1.29, 1.82) is 0 Å². The maximum atomic E-state index is 9.08. The second kappa shape index (κ2) is 16.9. The average Bonchev–Trinajstić information content (AvgIpc) is 4.19. The molecule has 340 valence electrons.